The van der Waals surface area contributed by atoms with Gasteiger partial charge in [-0.2, -0.15) is 0 Å². The van der Waals surface area contributed by atoms with E-state index < -0.39 is 6.10 Å². The van der Waals surface area contributed by atoms with Gasteiger partial charge in [0.05, 0.1) is 0 Å². The third kappa shape index (κ3) is 1.72. The SMILES string of the molecule is O=C1C(O)CCCN1c1ccc2c(c1)OCO2. The quantitative estimate of drug-likeness (QED) is 0.785. The van der Waals surface area contributed by atoms with E-state index in [2.05, 4.69) is 0 Å². The van der Waals surface area contributed by atoms with Crippen molar-refractivity contribution in [3.8, 4) is 11.5 Å². The maximum atomic E-state index is 11.8. The lowest BCUT2D eigenvalue weighted by Crippen LogP contribution is -2.44. The fourth-order valence-corrected chi connectivity index (χ4v) is 2.17. The minimum absolute atomic E-state index is 0.218. The number of benzene rings is 1. The zero-order chi connectivity index (χ0) is 11.8. The summed E-state index contributed by atoms with van der Waals surface area (Å²) in [5, 5.41) is 9.56. The number of carbonyl (C=O) groups excluding carboxylic acids is 1. The van der Waals surface area contributed by atoms with Crippen molar-refractivity contribution in [2.45, 2.75) is 18.9 Å². The second-order valence-electron chi connectivity index (χ2n) is 4.19. The summed E-state index contributed by atoms with van der Waals surface area (Å²) in [7, 11) is 0. The lowest BCUT2D eigenvalue weighted by molar-refractivity contribution is -0.128. The van der Waals surface area contributed by atoms with Crippen molar-refractivity contribution < 1.29 is 19.4 Å². The van der Waals surface area contributed by atoms with Crippen molar-refractivity contribution >= 4 is 11.6 Å². The predicted molar refractivity (Wildman–Crippen MR) is 60.2 cm³/mol. The van der Waals surface area contributed by atoms with Crippen LogP contribution in [0.25, 0.3) is 0 Å². The maximum Gasteiger partial charge on any atom is 0.255 e. The topological polar surface area (TPSA) is 59.0 Å². The molecule has 0 aliphatic carbocycles. The van der Waals surface area contributed by atoms with Crippen LogP contribution in [0, 0.1) is 0 Å². The number of fused-ring (bicyclic) bond motifs is 1. The van der Waals surface area contributed by atoms with Gasteiger partial charge in [0.1, 0.15) is 6.10 Å². The number of hydrogen-bond acceptors (Lipinski definition) is 4. The average Bonchev–Trinajstić information content (AvgIpc) is 2.79. The molecule has 1 aromatic rings. The van der Waals surface area contributed by atoms with Crippen molar-refractivity contribution in [2.24, 2.45) is 0 Å². The van der Waals surface area contributed by atoms with Gasteiger partial charge < -0.3 is 19.5 Å². The minimum Gasteiger partial charge on any atom is -0.454 e. The van der Waals surface area contributed by atoms with Crippen LogP contribution >= 0.6 is 0 Å². The third-order valence-corrected chi connectivity index (χ3v) is 3.08. The van der Waals surface area contributed by atoms with Gasteiger partial charge in [-0.3, -0.25) is 4.79 Å². The molecule has 1 amide bonds. The number of anilines is 1. The number of carbonyl (C=O) groups is 1. The summed E-state index contributed by atoms with van der Waals surface area (Å²) in [6.45, 7) is 0.852. The van der Waals surface area contributed by atoms with E-state index in [1.165, 1.54) is 0 Å². The number of piperidine rings is 1. The van der Waals surface area contributed by atoms with Gasteiger partial charge in [-0.1, -0.05) is 0 Å². The molecule has 1 saturated heterocycles. The number of amides is 1. The molecule has 1 unspecified atom stereocenters. The van der Waals surface area contributed by atoms with Crippen LogP contribution in [0.1, 0.15) is 12.8 Å². The predicted octanol–water partition coefficient (Wildman–Crippen LogP) is 0.903. The maximum absolute atomic E-state index is 11.8. The van der Waals surface area contributed by atoms with E-state index in [1.807, 2.05) is 6.07 Å². The van der Waals surface area contributed by atoms with Gasteiger partial charge in [0.25, 0.3) is 5.91 Å². The van der Waals surface area contributed by atoms with Crippen molar-refractivity contribution in [1.29, 1.82) is 0 Å². The highest BCUT2D eigenvalue weighted by atomic mass is 16.7. The summed E-state index contributed by atoms with van der Waals surface area (Å²) < 4.78 is 10.5. The van der Waals surface area contributed by atoms with Crippen molar-refractivity contribution in [2.75, 3.05) is 18.2 Å². The lowest BCUT2D eigenvalue weighted by Gasteiger charge is -2.29. The van der Waals surface area contributed by atoms with Crippen LogP contribution < -0.4 is 14.4 Å². The highest BCUT2D eigenvalue weighted by Gasteiger charge is 2.28. The summed E-state index contributed by atoms with van der Waals surface area (Å²) in [6, 6.07) is 5.37. The van der Waals surface area contributed by atoms with E-state index in [0.29, 0.717) is 24.5 Å². The van der Waals surface area contributed by atoms with Crippen LogP contribution in [-0.4, -0.2) is 30.5 Å². The largest absolute Gasteiger partial charge is 0.454 e. The molecule has 1 fully saturated rings. The van der Waals surface area contributed by atoms with Crippen molar-refractivity contribution in [3.05, 3.63) is 18.2 Å². The molecule has 2 heterocycles. The Kier molecular flexibility index (Phi) is 2.40. The van der Waals surface area contributed by atoms with E-state index in [1.54, 1.807) is 17.0 Å². The smallest absolute Gasteiger partial charge is 0.255 e. The molecule has 0 saturated carbocycles. The molecule has 0 bridgehead atoms. The Bertz CT molecular complexity index is 460. The van der Waals surface area contributed by atoms with Gasteiger partial charge in [-0.15, -0.1) is 0 Å². The lowest BCUT2D eigenvalue weighted by atomic mass is 10.1. The van der Waals surface area contributed by atoms with Crippen LogP contribution in [0.2, 0.25) is 0 Å². The van der Waals surface area contributed by atoms with Crippen LogP contribution in [0.4, 0.5) is 5.69 Å². The second kappa shape index (κ2) is 3.92. The first-order valence-corrected chi connectivity index (χ1v) is 5.65. The molecule has 0 radical (unpaired) electrons. The summed E-state index contributed by atoms with van der Waals surface area (Å²) in [5.41, 5.74) is 0.748. The molecule has 0 aromatic heterocycles. The number of hydrogen-bond donors (Lipinski definition) is 1. The van der Waals surface area contributed by atoms with Crippen molar-refractivity contribution in [1.82, 2.24) is 0 Å². The van der Waals surface area contributed by atoms with Crippen LogP contribution in [-0.2, 0) is 4.79 Å². The highest BCUT2D eigenvalue weighted by molar-refractivity contribution is 5.97. The molecular weight excluding hydrogens is 222 g/mol. The highest BCUT2D eigenvalue weighted by Crippen LogP contribution is 2.36. The normalized spacial score (nSPS) is 23.0. The summed E-state index contributed by atoms with van der Waals surface area (Å²) in [6.07, 6.45) is 0.468. The molecule has 5 nitrogen and oxygen atoms in total. The molecule has 5 heteroatoms. The molecule has 90 valence electrons. The molecule has 1 N–H and O–H groups in total. The number of rotatable bonds is 1. The Morgan fingerprint density at radius 1 is 1.29 bits per heavy atom. The average molecular weight is 235 g/mol. The first-order valence-electron chi connectivity index (χ1n) is 5.65. The van der Waals surface area contributed by atoms with Gasteiger partial charge in [0.15, 0.2) is 11.5 Å². The second-order valence-corrected chi connectivity index (χ2v) is 4.19. The molecule has 2 aliphatic heterocycles. The summed E-state index contributed by atoms with van der Waals surface area (Å²) >= 11 is 0. The minimum atomic E-state index is -0.880. The number of ether oxygens (including phenoxy) is 2. The molecule has 1 aromatic carbocycles. The van der Waals surface area contributed by atoms with Crippen molar-refractivity contribution in [3.63, 3.8) is 0 Å². The molecular formula is C12H13NO4. The van der Waals surface area contributed by atoms with Gasteiger partial charge in [0, 0.05) is 18.3 Å². The number of aliphatic hydroxyl groups is 1. The van der Waals surface area contributed by atoms with E-state index in [9.17, 15) is 9.90 Å². The Labute approximate surface area is 98.6 Å². The van der Waals surface area contributed by atoms with E-state index in [4.69, 9.17) is 9.47 Å². The zero-order valence-electron chi connectivity index (χ0n) is 9.26. The number of nitrogens with zero attached hydrogens (tertiary/aromatic N) is 1. The first kappa shape index (κ1) is 10.4. The first-order chi connectivity index (χ1) is 8.25. The monoisotopic (exact) mass is 235 g/mol. The Morgan fingerprint density at radius 2 is 2.12 bits per heavy atom. The van der Waals surface area contributed by atoms with E-state index in [-0.39, 0.29) is 12.7 Å². The van der Waals surface area contributed by atoms with Crippen LogP contribution in [0.3, 0.4) is 0 Å². The Morgan fingerprint density at radius 3 is 3.00 bits per heavy atom. The van der Waals surface area contributed by atoms with Gasteiger partial charge >= 0.3 is 0 Å². The van der Waals surface area contributed by atoms with Gasteiger partial charge in [-0.05, 0) is 25.0 Å². The Balaban J connectivity index is 1.91. The van der Waals surface area contributed by atoms with Crippen LogP contribution in [0.15, 0.2) is 18.2 Å². The van der Waals surface area contributed by atoms with Gasteiger partial charge in [-0.25, -0.2) is 0 Å². The van der Waals surface area contributed by atoms with Gasteiger partial charge in [0.2, 0.25) is 6.79 Å². The molecule has 3 rings (SSSR count). The molecule has 1 atom stereocenters. The van der Waals surface area contributed by atoms with E-state index >= 15 is 0 Å². The zero-order valence-corrected chi connectivity index (χ0v) is 9.26. The van der Waals surface area contributed by atoms with E-state index in [0.717, 1.165) is 12.1 Å². The molecule has 17 heavy (non-hydrogen) atoms. The molecule has 2 aliphatic rings. The number of aliphatic hydroxyl groups excluding tert-OH is 1. The Hall–Kier alpha value is -1.75. The summed E-state index contributed by atoms with van der Waals surface area (Å²) in [4.78, 5) is 13.4. The standard InChI is InChI=1S/C12H13NO4/c14-9-2-1-5-13(12(9)15)8-3-4-10-11(6-8)17-7-16-10/h3-4,6,9,14H,1-2,5,7H2. The third-order valence-electron chi connectivity index (χ3n) is 3.08. The molecule has 0 spiro atoms. The fraction of sp³-hybridized carbons (Fsp3) is 0.417. The van der Waals surface area contributed by atoms with Crippen LogP contribution in [0.5, 0.6) is 11.5 Å². The fourth-order valence-electron chi connectivity index (χ4n) is 2.17. The summed E-state index contributed by atoms with van der Waals surface area (Å²) in [5.74, 6) is 1.10.